The summed E-state index contributed by atoms with van der Waals surface area (Å²) in [5.41, 5.74) is 2.65. The van der Waals surface area contributed by atoms with Crippen molar-refractivity contribution in [1.82, 2.24) is 10.2 Å². The second-order valence-corrected chi connectivity index (χ2v) is 7.76. The van der Waals surface area contributed by atoms with Crippen LogP contribution in [0, 0.1) is 0 Å². The van der Waals surface area contributed by atoms with Gasteiger partial charge in [0.1, 0.15) is 0 Å². The van der Waals surface area contributed by atoms with E-state index in [1.54, 1.807) is 4.90 Å². The average Bonchev–Trinajstić information content (AvgIpc) is 2.69. The van der Waals surface area contributed by atoms with E-state index >= 15 is 0 Å². The van der Waals surface area contributed by atoms with Crippen LogP contribution in [0.15, 0.2) is 54.6 Å². The van der Waals surface area contributed by atoms with Crippen LogP contribution in [0.5, 0.6) is 0 Å². The Kier molecular flexibility index (Phi) is 6.88. The predicted molar refractivity (Wildman–Crippen MR) is 117 cm³/mol. The number of amides is 3. The standard InChI is InChI=1S/C23H30N4O2/c1-17(22(26(2)3)18-10-5-4-6-11-18)24-23(29)25-19-12-9-13-20(16-19)27-15-8-7-14-21(27)28/h4-6,9-13,16-17,22H,7-8,14-15H2,1-3H3,(H2,24,25,29)/t17-,22-/m1/s1. The zero-order chi connectivity index (χ0) is 20.8. The summed E-state index contributed by atoms with van der Waals surface area (Å²) < 4.78 is 0. The zero-order valence-corrected chi connectivity index (χ0v) is 17.4. The molecule has 1 saturated heterocycles. The molecule has 2 atom stereocenters. The zero-order valence-electron chi connectivity index (χ0n) is 17.4. The second-order valence-electron chi connectivity index (χ2n) is 7.76. The van der Waals surface area contributed by atoms with Gasteiger partial charge in [-0.15, -0.1) is 0 Å². The molecule has 0 unspecified atom stereocenters. The van der Waals surface area contributed by atoms with E-state index < -0.39 is 0 Å². The fourth-order valence-corrected chi connectivity index (χ4v) is 3.97. The highest BCUT2D eigenvalue weighted by molar-refractivity contribution is 5.95. The number of nitrogens with one attached hydrogen (secondary N) is 2. The van der Waals surface area contributed by atoms with Crippen molar-refractivity contribution in [1.29, 1.82) is 0 Å². The summed E-state index contributed by atoms with van der Waals surface area (Å²) >= 11 is 0. The first-order valence-corrected chi connectivity index (χ1v) is 10.1. The maximum Gasteiger partial charge on any atom is 0.319 e. The number of rotatable bonds is 6. The van der Waals surface area contributed by atoms with Crippen LogP contribution in [0.2, 0.25) is 0 Å². The number of hydrogen-bond donors (Lipinski definition) is 2. The summed E-state index contributed by atoms with van der Waals surface area (Å²) in [6.45, 7) is 2.73. The van der Waals surface area contributed by atoms with Crippen LogP contribution < -0.4 is 15.5 Å². The van der Waals surface area contributed by atoms with Crippen LogP contribution >= 0.6 is 0 Å². The van der Waals surface area contributed by atoms with E-state index in [1.807, 2.05) is 63.5 Å². The number of anilines is 2. The summed E-state index contributed by atoms with van der Waals surface area (Å²) in [4.78, 5) is 28.7. The van der Waals surface area contributed by atoms with E-state index in [0.29, 0.717) is 12.1 Å². The summed E-state index contributed by atoms with van der Waals surface area (Å²) in [5, 5.41) is 5.95. The van der Waals surface area contributed by atoms with Crippen LogP contribution in [0.25, 0.3) is 0 Å². The molecule has 0 aliphatic carbocycles. The van der Waals surface area contributed by atoms with Crippen LogP contribution in [-0.4, -0.2) is 43.5 Å². The van der Waals surface area contributed by atoms with Crippen molar-refractivity contribution < 1.29 is 9.59 Å². The Morgan fingerprint density at radius 3 is 2.52 bits per heavy atom. The van der Waals surface area contributed by atoms with Crippen LogP contribution in [0.1, 0.15) is 37.8 Å². The molecule has 0 spiro atoms. The van der Waals surface area contributed by atoms with Gasteiger partial charge in [-0.05, 0) is 57.6 Å². The molecule has 1 aliphatic heterocycles. The Morgan fingerprint density at radius 2 is 1.83 bits per heavy atom. The van der Waals surface area contributed by atoms with E-state index in [0.717, 1.165) is 30.6 Å². The summed E-state index contributed by atoms with van der Waals surface area (Å²) in [6.07, 6.45) is 2.54. The predicted octanol–water partition coefficient (Wildman–Crippen LogP) is 4.02. The SMILES string of the molecule is C[C@@H](NC(=O)Nc1cccc(N2CCCCC2=O)c1)[C@H](c1ccccc1)N(C)C. The number of carbonyl (C=O) groups excluding carboxylic acids is 2. The van der Waals surface area contributed by atoms with E-state index in [2.05, 4.69) is 27.7 Å². The molecule has 2 N–H and O–H groups in total. The first-order chi connectivity index (χ1) is 14.0. The molecule has 154 valence electrons. The van der Waals surface area contributed by atoms with Crippen molar-refractivity contribution in [2.24, 2.45) is 0 Å². The first-order valence-electron chi connectivity index (χ1n) is 10.1. The Balaban J connectivity index is 1.65. The molecular weight excluding hydrogens is 364 g/mol. The molecule has 29 heavy (non-hydrogen) atoms. The first kappa shape index (κ1) is 20.9. The normalized spacial score (nSPS) is 16.4. The van der Waals surface area contributed by atoms with Gasteiger partial charge in [-0.3, -0.25) is 4.79 Å². The molecule has 1 fully saturated rings. The lowest BCUT2D eigenvalue weighted by molar-refractivity contribution is -0.119. The van der Waals surface area contributed by atoms with E-state index in [-0.39, 0.29) is 24.0 Å². The summed E-state index contributed by atoms with van der Waals surface area (Å²) in [5.74, 6) is 0.142. The molecular formula is C23H30N4O2. The summed E-state index contributed by atoms with van der Waals surface area (Å²) in [7, 11) is 4.01. The third-order valence-electron chi connectivity index (χ3n) is 5.27. The lowest BCUT2D eigenvalue weighted by Crippen LogP contribution is -2.44. The molecule has 0 saturated carbocycles. The number of likely N-dealkylation sites (N-methyl/N-ethyl adjacent to an activating group) is 1. The van der Waals surface area contributed by atoms with Crippen molar-refractivity contribution in [2.75, 3.05) is 30.9 Å². The quantitative estimate of drug-likeness (QED) is 0.778. The molecule has 3 amide bonds. The molecule has 0 aromatic heterocycles. The third kappa shape index (κ3) is 5.35. The highest BCUT2D eigenvalue weighted by atomic mass is 16.2. The molecule has 6 nitrogen and oxygen atoms in total. The number of benzene rings is 2. The van der Waals surface area contributed by atoms with Crippen molar-refractivity contribution in [3.8, 4) is 0 Å². The van der Waals surface area contributed by atoms with Crippen molar-refractivity contribution in [3.05, 3.63) is 60.2 Å². The molecule has 2 aromatic carbocycles. The molecule has 0 radical (unpaired) electrons. The van der Waals surface area contributed by atoms with Crippen molar-refractivity contribution >= 4 is 23.3 Å². The maximum atomic E-state index is 12.6. The highest BCUT2D eigenvalue weighted by Crippen LogP contribution is 2.25. The van der Waals surface area contributed by atoms with E-state index in [4.69, 9.17) is 0 Å². The van der Waals surface area contributed by atoms with Gasteiger partial charge in [0.05, 0.1) is 6.04 Å². The minimum absolute atomic E-state index is 0.0549. The van der Waals surface area contributed by atoms with Crippen molar-refractivity contribution in [3.63, 3.8) is 0 Å². The maximum absolute atomic E-state index is 12.6. The van der Waals surface area contributed by atoms with Gasteiger partial charge in [0.2, 0.25) is 5.91 Å². The molecule has 0 bridgehead atoms. The largest absolute Gasteiger partial charge is 0.333 e. The van der Waals surface area contributed by atoms with E-state index in [9.17, 15) is 9.59 Å². The second kappa shape index (κ2) is 9.56. The Hall–Kier alpha value is -2.86. The highest BCUT2D eigenvalue weighted by Gasteiger charge is 2.23. The number of nitrogens with zero attached hydrogens (tertiary/aromatic N) is 2. The molecule has 2 aromatic rings. The number of urea groups is 1. The fourth-order valence-electron chi connectivity index (χ4n) is 3.97. The average molecular weight is 395 g/mol. The number of carbonyl (C=O) groups is 2. The van der Waals surface area contributed by atoms with Gasteiger partial charge >= 0.3 is 6.03 Å². The molecule has 1 aliphatic rings. The van der Waals surface area contributed by atoms with Crippen LogP contribution in [0.4, 0.5) is 16.2 Å². The lowest BCUT2D eigenvalue weighted by Gasteiger charge is -2.31. The minimum Gasteiger partial charge on any atom is -0.333 e. The van der Waals surface area contributed by atoms with E-state index in [1.165, 1.54) is 0 Å². The van der Waals surface area contributed by atoms with Gasteiger partial charge in [0.15, 0.2) is 0 Å². The van der Waals surface area contributed by atoms with Crippen molar-refractivity contribution in [2.45, 2.75) is 38.3 Å². The monoisotopic (exact) mass is 394 g/mol. The van der Waals surface area contributed by atoms with Gasteiger partial charge in [0.25, 0.3) is 0 Å². The third-order valence-corrected chi connectivity index (χ3v) is 5.27. The van der Waals surface area contributed by atoms with Gasteiger partial charge in [-0.2, -0.15) is 0 Å². The lowest BCUT2D eigenvalue weighted by atomic mass is 9.99. The minimum atomic E-state index is -0.262. The Bertz CT molecular complexity index is 838. The molecule has 3 rings (SSSR count). The number of piperidine rings is 1. The van der Waals surface area contributed by atoms with Gasteiger partial charge in [0, 0.05) is 30.4 Å². The van der Waals surface area contributed by atoms with Crippen LogP contribution in [0.3, 0.4) is 0 Å². The van der Waals surface area contributed by atoms with Gasteiger partial charge in [-0.1, -0.05) is 36.4 Å². The number of hydrogen-bond acceptors (Lipinski definition) is 3. The summed E-state index contributed by atoms with van der Waals surface area (Å²) in [6, 6.07) is 17.3. The Labute approximate surface area is 172 Å². The molecule has 6 heteroatoms. The van der Waals surface area contributed by atoms with Gasteiger partial charge in [-0.25, -0.2) is 4.79 Å². The van der Waals surface area contributed by atoms with Crippen LogP contribution in [-0.2, 0) is 4.79 Å². The fraction of sp³-hybridized carbons (Fsp3) is 0.391. The smallest absolute Gasteiger partial charge is 0.319 e. The topological polar surface area (TPSA) is 64.7 Å². The molecule has 1 heterocycles. The van der Waals surface area contributed by atoms with Gasteiger partial charge < -0.3 is 20.4 Å². The Morgan fingerprint density at radius 1 is 1.07 bits per heavy atom.